The third-order valence-corrected chi connectivity index (χ3v) is 4.54. The number of hydrogen-bond donors (Lipinski definition) is 1. The van der Waals surface area contributed by atoms with Gasteiger partial charge in [0.2, 0.25) is 0 Å². The molecule has 0 spiro atoms. The van der Waals surface area contributed by atoms with Gasteiger partial charge in [-0.15, -0.1) is 0 Å². The van der Waals surface area contributed by atoms with Crippen molar-refractivity contribution in [3.63, 3.8) is 0 Å². The highest BCUT2D eigenvalue weighted by Gasteiger charge is 2.14. The molecule has 0 atom stereocenters. The van der Waals surface area contributed by atoms with Crippen molar-refractivity contribution in [2.24, 2.45) is 0 Å². The first kappa shape index (κ1) is 17.6. The Labute approximate surface area is 154 Å². The van der Waals surface area contributed by atoms with Crippen molar-refractivity contribution < 1.29 is 14.3 Å². The predicted octanol–water partition coefficient (Wildman–Crippen LogP) is 2.01. The first-order chi connectivity index (χ1) is 12.2. The summed E-state index contributed by atoms with van der Waals surface area (Å²) < 4.78 is 11.2. The molecule has 7 nitrogen and oxygen atoms in total. The van der Waals surface area contributed by atoms with Gasteiger partial charge in [-0.3, -0.25) is 4.79 Å². The summed E-state index contributed by atoms with van der Waals surface area (Å²) in [5.74, 6) is 1.83. The maximum Gasteiger partial charge on any atom is 0.252 e. The van der Waals surface area contributed by atoms with Gasteiger partial charge in [-0.1, -0.05) is 0 Å². The Kier molecular flexibility index (Phi) is 5.83. The van der Waals surface area contributed by atoms with Crippen LogP contribution in [0.1, 0.15) is 16.2 Å². The van der Waals surface area contributed by atoms with Crippen molar-refractivity contribution >= 4 is 27.7 Å². The predicted molar refractivity (Wildman–Crippen MR) is 96.9 cm³/mol. The maximum atomic E-state index is 12.4. The topological polar surface area (TPSA) is 76.6 Å². The largest absolute Gasteiger partial charge is 0.497 e. The summed E-state index contributed by atoms with van der Waals surface area (Å²) in [6.07, 6.45) is 1.71. The molecule has 0 unspecified atom stereocenters. The number of methoxy groups -OCH3 is 1. The fraction of sp³-hybridized carbons (Fsp3) is 0.353. The molecule has 0 radical (unpaired) electrons. The first-order valence-electron chi connectivity index (χ1n) is 7.94. The maximum absolute atomic E-state index is 12.4. The zero-order valence-electron chi connectivity index (χ0n) is 13.9. The van der Waals surface area contributed by atoms with Gasteiger partial charge in [0.05, 0.1) is 32.4 Å². The van der Waals surface area contributed by atoms with Crippen molar-refractivity contribution in [1.82, 2.24) is 15.3 Å². The number of hydrogen-bond acceptors (Lipinski definition) is 6. The number of ether oxygens (including phenoxy) is 2. The lowest BCUT2D eigenvalue weighted by Gasteiger charge is -2.27. The number of nitrogens with zero attached hydrogens (tertiary/aromatic N) is 3. The molecular weight excluding hydrogens is 388 g/mol. The average Bonchev–Trinajstić information content (AvgIpc) is 2.67. The quantitative estimate of drug-likeness (QED) is 0.818. The zero-order chi connectivity index (χ0) is 17.6. The highest BCUT2D eigenvalue weighted by atomic mass is 79.9. The van der Waals surface area contributed by atoms with Gasteiger partial charge in [-0.2, -0.15) is 0 Å². The SMILES string of the molecule is COc1ccc(Br)c(C(=O)NCc2nccc(N3CCOCC3)n2)c1. The second-order valence-electron chi connectivity index (χ2n) is 5.46. The van der Waals surface area contributed by atoms with E-state index < -0.39 is 0 Å². The third-order valence-electron chi connectivity index (χ3n) is 3.85. The molecule has 1 fully saturated rings. The summed E-state index contributed by atoms with van der Waals surface area (Å²) >= 11 is 3.38. The average molecular weight is 407 g/mol. The minimum atomic E-state index is -0.217. The van der Waals surface area contributed by atoms with Crippen LogP contribution in [-0.4, -0.2) is 49.3 Å². The molecular formula is C17H19BrN4O3. The van der Waals surface area contributed by atoms with Gasteiger partial charge in [-0.05, 0) is 40.2 Å². The van der Waals surface area contributed by atoms with Crippen LogP contribution < -0.4 is 15.0 Å². The van der Waals surface area contributed by atoms with Crippen LogP contribution >= 0.6 is 15.9 Å². The van der Waals surface area contributed by atoms with Crippen LogP contribution in [0.25, 0.3) is 0 Å². The molecule has 3 rings (SSSR count). The molecule has 1 aliphatic heterocycles. The minimum Gasteiger partial charge on any atom is -0.497 e. The number of amides is 1. The second kappa shape index (κ2) is 8.26. The summed E-state index contributed by atoms with van der Waals surface area (Å²) in [5, 5.41) is 2.84. The number of rotatable bonds is 5. The van der Waals surface area contributed by atoms with Crippen LogP contribution in [0, 0.1) is 0 Å². The lowest BCUT2D eigenvalue weighted by molar-refractivity contribution is 0.0948. The molecule has 1 saturated heterocycles. The van der Waals surface area contributed by atoms with E-state index >= 15 is 0 Å². The Bertz CT molecular complexity index is 750. The lowest BCUT2D eigenvalue weighted by Crippen LogP contribution is -2.37. The number of carbonyl (C=O) groups is 1. The van der Waals surface area contributed by atoms with E-state index in [9.17, 15) is 4.79 Å². The minimum absolute atomic E-state index is 0.217. The van der Waals surface area contributed by atoms with Crippen molar-refractivity contribution in [2.75, 3.05) is 38.3 Å². The number of benzene rings is 1. The molecule has 2 heterocycles. The molecule has 1 aliphatic rings. The standard InChI is InChI=1S/C17H19BrN4O3/c1-24-12-2-3-14(18)13(10-12)17(23)20-11-15-19-5-4-16(21-15)22-6-8-25-9-7-22/h2-5,10H,6-9,11H2,1H3,(H,20,23). The Balaban J connectivity index is 1.66. The molecule has 2 aromatic rings. The summed E-state index contributed by atoms with van der Waals surface area (Å²) in [5.41, 5.74) is 0.503. The van der Waals surface area contributed by atoms with Crippen molar-refractivity contribution in [2.45, 2.75) is 6.54 Å². The number of anilines is 1. The van der Waals surface area contributed by atoms with Crippen molar-refractivity contribution in [3.05, 3.63) is 46.3 Å². The Morgan fingerprint density at radius 2 is 2.16 bits per heavy atom. The lowest BCUT2D eigenvalue weighted by atomic mass is 10.2. The molecule has 1 N–H and O–H groups in total. The van der Waals surface area contributed by atoms with Gasteiger partial charge in [0.15, 0.2) is 0 Å². The van der Waals surface area contributed by atoms with Gasteiger partial charge in [0.1, 0.15) is 17.4 Å². The first-order valence-corrected chi connectivity index (χ1v) is 8.73. The van der Waals surface area contributed by atoms with E-state index in [2.05, 4.69) is 36.1 Å². The van der Waals surface area contributed by atoms with Gasteiger partial charge >= 0.3 is 0 Å². The van der Waals surface area contributed by atoms with Crippen LogP contribution in [-0.2, 0) is 11.3 Å². The van der Waals surface area contributed by atoms with E-state index in [1.54, 1.807) is 31.5 Å². The van der Waals surface area contributed by atoms with E-state index in [1.165, 1.54) is 0 Å². The molecule has 1 aromatic heterocycles. The van der Waals surface area contributed by atoms with Crippen LogP contribution in [0.4, 0.5) is 5.82 Å². The van der Waals surface area contributed by atoms with Crippen molar-refractivity contribution in [1.29, 1.82) is 0 Å². The fourth-order valence-electron chi connectivity index (χ4n) is 2.50. The highest BCUT2D eigenvalue weighted by Crippen LogP contribution is 2.22. The number of morpholine rings is 1. The molecule has 8 heteroatoms. The van der Waals surface area contributed by atoms with E-state index in [1.807, 2.05) is 6.07 Å². The summed E-state index contributed by atoms with van der Waals surface area (Å²) in [6, 6.07) is 7.12. The molecule has 0 bridgehead atoms. The normalized spacial score (nSPS) is 14.2. The van der Waals surface area contributed by atoms with Crippen LogP contribution in [0.2, 0.25) is 0 Å². The Morgan fingerprint density at radius 3 is 2.92 bits per heavy atom. The number of aromatic nitrogens is 2. The Hall–Kier alpha value is -2.19. The number of carbonyl (C=O) groups excluding carboxylic acids is 1. The third kappa shape index (κ3) is 4.46. The van der Waals surface area contributed by atoms with Crippen LogP contribution in [0.15, 0.2) is 34.9 Å². The second-order valence-corrected chi connectivity index (χ2v) is 6.31. The van der Waals surface area contributed by atoms with Gasteiger partial charge < -0.3 is 19.7 Å². The zero-order valence-corrected chi connectivity index (χ0v) is 15.5. The van der Waals surface area contributed by atoms with Gasteiger partial charge in [0.25, 0.3) is 5.91 Å². The Morgan fingerprint density at radius 1 is 1.36 bits per heavy atom. The fourth-order valence-corrected chi connectivity index (χ4v) is 2.93. The molecule has 25 heavy (non-hydrogen) atoms. The molecule has 0 saturated carbocycles. The summed E-state index contributed by atoms with van der Waals surface area (Å²) in [6.45, 7) is 3.25. The highest BCUT2D eigenvalue weighted by molar-refractivity contribution is 9.10. The van der Waals surface area contributed by atoms with E-state index in [0.717, 1.165) is 18.9 Å². The van der Waals surface area contributed by atoms with Crippen LogP contribution in [0.5, 0.6) is 5.75 Å². The van der Waals surface area contributed by atoms with Gasteiger partial charge in [-0.25, -0.2) is 9.97 Å². The van der Waals surface area contributed by atoms with Crippen LogP contribution in [0.3, 0.4) is 0 Å². The van der Waals surface area contributed by atoms with Crippen molar-refractivity contribution in [3.8, 4) is 5.75 Å². The summed E-state index contributed by atoms with van der Waals surface area (Å²) in [7, 11) is 1.57. The molecule has 1 aromatic carbocycles. The van der Waals surface area contributed by atoms with Gasteiger partial charge in [0, 0.05) is 23.8 Å². The summed E-state index contributed by atoms with van der Waals surface area (Å²) in [4.78, 5) is 23.3. The number of halogens is 1. The monoisotopic (exact) mass is 406 g/mol. The molecule has 0 aliphatic carbocycles. The molecule has 132 valence electrons. The van der Waals surface area contributed by atoms with E-state index in [4.69, 9.17) is 9.47 Å². The molecule has 1 amide bonds. The smallest absolute Gasteiger partial charge is 0.252 e. The van der Waals surface area contributed by atoms with E-state index in [-0.39, 0.29) is 12.5 Å². The van der Waals surface area contributed by atoms with E-state index in [0.29, 0.717) is 34.8 Å². The number of nitrogens with one attached hydrogen (secondary N) is 1.